The highest BCUT2D eigenvalue weighted by Gasteiger charge is 2.67. The Labute approximate surface area is 208 Å². The fraction of sp³-hybridized carbons (Fsp3) is 0.567. The largest absolute Gasteiger partial charge is 0.508 e. The van der Waals surface area contributed by atoms with Gasteiger partial charge in [-0.15, -0.1) is 0 Å². The van der Waals surface area contributed by atoms with Gasteiger partial charge < -0.3 is 15.3 Å². The normalized spacial score (nSPS) is 34.3. The summed E-state index contributed by atoms with van der Waals surface area (Å²) in [5, 5.41) is 14.0. The van der Waals surface area contributed by atoms with Gasteiger partial charge in [0.2, 0.25) is 0 Å². The van der Waals surface area contributed by atoms with Crippen LogP contribution in [0.3, 0.4) is 0 Å². The summed E-state index contributed by atoms with van der Waals surface area (Å²) in [4.78, 5) is 18.4. The van der Waals surface area contributed by atoms with Crippen LogP contribution >= 0.6 is 0 Å². The van der Waals surface area contributed by atoms with Crippen LogP contribution in [0, 0.1) is 17.3 Å². The van der Waals surface area contributed by atoms with E-state index in [9.17, 15) is 9.90 Å². The van der Waals surface area contributed by atoms with Gasteiger partial charge >= 0.3 is 0 Å². The molecule has 0 radical (unpaired) electrons. The number of carbonyl (C=O) groups is 1. The summed E-state index contributed by atoms with van der Waals surface area (Å²) in [6.45, 7) is 6.42. The van der Waals surface area contributed by atoms with Gasteiger partial charge in [-0.3, -0.25) is 9.69 Å². The molecule has 3 unspecified atom stereocenters. The Balaban J connectivity index is 1.26. The number of rotatable bonds is 3. The van der Waals surface area contributed by atoms with Crippen molar-refractivity contribution in [2.45, 2.75) is 50.0 Å². The molecule has 3 aliphatic heterocycles. The molecule has 3 saturated heterocycles. The first-order valence-electron chi connectivity index (χ1n) is 13.7. The van der Waals surface area contributed by atoms with Crippen LogP contribution in [-0.4, -0.2) is 66.1 Å². The first-order chi connectivity index (χ1) is 17.1. The van der Waals surface area contributed by atoms with Crippen LogP contribution in [0.4, 0.5) is 0 Å². The van der Waals surface area contributed by atoms with E-state index in [0.717, 1.165) is 63.5 Å². The maximum atomic E-state index is 13.4. The van der Waals surface area contributed by atoms with Crippen molar-refractivity contribution in [2.75, 3.05) is 39.3 Å². The number of amides is 1. The van der Waals surface area contributed by atoms with Gasteiger partial charge in [-0.2, -0.15) is 0 Å². The highest BCUT2D eigenvalue weighted by molar-refractivity contribution is 5.94. The van der Waals surface area contributed by atoms with E-state index in [0.29, 0.717) is 17.7 Å². The third kappa shape index (κ3) is 3.24. The summed E-state index contributed by atoms with van der Waals surface area (Å²) in [6, 6.07) is 16.6. The van der Waals surface area contributed by atoms with Gasteiger partial charge in [0, 0.05) is 49.7 Å². The molecule has 1 spiro atoms. The van der Waals surface area contributed by atoms with Gasteiger partial charge in [-0.1, -0.05) is 24.3 Å². The van der Waals surface area contributed by atoms with Crippen LogP contribution < -0.4 is 5.32 Å². The van der Waals surface area contributed by atoms with Crippen LogP contribution in [0.25, 0.3) is 0 Å². The monoisotopic (exact) mass is 471 g/mol. The van der Waals surface area contributed by atoms with Gasteiger partial charge in [-0.05, 0) is 97.7 Å². The Bertz CT molecular complexity index is 1130. The molecule has 1 amide bonds. The van der Waals surface area contributed by atoms with Gasteiger partial charge in [0.15, 0.2) is 0 Å². The van der Waals surface area contributed by atoms with E-state index in [4.69, 9.17) is 0 Å². The molecular weight excluding hydrogens is 434 g/mol. The highest BCUT2D eigenvalue weighted by atomic mass is 16.3. The minimum Gasteiger partial charge on any atom is -0.508 e. The predicted octanol–water partition coefficient (Wildman–Crippen LogP) is 3.81. The van der Waals surface area contributed by atoms with E-state index < -0.39 is 0 Å². The quantitative estimate of drug-likeness (QED) is 0.715. The number of hydrogen-bond donors (Lipinski definition) is 2. The molecule has 5 heteroatoms. The van der Waals surface area contributed by atoms with Gasteiger partial charge in [0.1, 0.15) is 5.75 Å². The second-order valence-electron chi connectivity index (χ2n) is 12.1. The van der Waals surface area contributed by atoms with E-state index in [2.05, 4.69) is 27.2 Å². The molecule has 4 bridgehead atoms. The first kappa shape index (κ1) is 21.9. The Morgan fingerprint density at radius 3 is 2.71 bits per heavy atom. The van der Waals surface area contributed by atoms with Crippen molar-refractivity contribution in [1.82, 2.24) is 15.1 Å². The zero-order valence-corrected chi connectivity index (χ0v) is 20.6. The summed E-state index contributed by atoms with van der Waals surface area (Å²) < 4.78 is 0. The summed E-state index contributed by atoms with van der Waals surface area (Å²) in [5.74, 6) is 1.90. The number of carbonyl (C=O) groups excluding carboxylic acids is 1. The fourth-order valence-corrected chi connectivity index (χ4v) is 8.96. The molecular formula is C30H37N3O2. The minimum atomic E-state index is 0.134. The standard InChI is InChI=1S/C30H37N3O2/c34-25-8-7-24-13-27-30-9-4-11-33(28(35)23-5-2-1-3-6-23)19-21(16-30)15-29(30,26(24)14-25)10-12-32(27)20-22-17-31-18-22/h1-3,5-8,14,21-22,27,31,34H,4,9-13,15-20H2/t21-,27?,29?,30?/m1/s1. The number of piperidine rings is 1. The maximum Gasteiger partial charge on any atom is 0.253 e. The predicted molar refractivity (Wildman–Crippen MR) is 137 cm³/mol. The van der Waals surface area contributed by atoms with Crippen LogP contribution in [0.2, 0.25) is 0 Å². The lowest BCUT2D eigenvalue weighted by atomic mass is 9.48. The number of fused-ring (bicyclic) bond motifs is 2. The van der Waals surface area contributed by atoms with Crippen molar-refractivity contribution in [3.05, 3.63) is 65.2 Å². The number of nitrogens with zero attached hydrogens (tertiary/aromatic N) is 2. The summed E-state index contributed by atoms with van der Waals surface area (Å²) in [5.41, 5.74) is 4.09. The number of likely N-dealkylation sites (tertiary alicyclic amines) is 2. The molecule has 184 valence electrons. The lowest BCUT2D eigenvalue weighted by molar-refractivity contribution is -0.0676. The van der Waals surface area contributed by atoms with Crippen LogP contribution in [0.15, 0.2) is 48.5 Å². The van der Waals surface area contributed by atoms with E-state index in [-0.39, 0.29) is 16.7 Å². The van der Waals surface area contributed by atoms with E-state index in [1.54, 1.807) is 0 Å². The highest BCUT2D eigenvalue weighted by Crippen LogP contribution is 2.68. The van der Waals surface area contributed by atoms with Crippen LogP contribution in [0.1, 0.15) is 53.6 Å². The molecule has 2 aromatic carbocycles. The second kappa shape index (κ2) is 8.07. The Hall–Kier alpha value is -2.37. The van der Waals surface area contributed by atoms with Crippen molar-refractivity contribution < 1.29 is 9.90 Å². The molecule has 35 heavy (non-hydrogen) atoms. The van der Waals surface area contributed by atoms with Crippen molar-refractivity contribution in [3.8, 4) is 5.75 Å². The molecule has 3 heterocycles. The average molecular weight is 472 g/mol. The summed E-state index contributed by atoms with van der Waals surface area (Å²) in [7, 11) is 0. The number of phenolic OH excluding ortho intramolecular Hbond substituents is 1. The van der Waals surface area contributed by atoms with Crippen molar-refractivity contribution in [1.29, 1.82) is 0 Å². The first-order valence-corrected chi connectivity index (χ1v) is 13.7. The number of hydrogen-bond acceptors (Lipinski definition) is 4. The molecule has 2 aliphatic carbocycles. The number of nitrogens with one attached hydrogen (secondary N) is 1. The molecule has 2 N–H and O–H groups in total. The number of aromatic hydroxyl groups is 1. The van der Waals surface area contributed by atoms with E-state index >= 15 is 0 Å². The molecule has 5 nitrogen and oxygen atoms in total. The second-order valence-corrected chi connectivity index (χ2v) is 12.1. The van der Waals surface area contributed by atoms with Crippen molar-refractivity contribution in [3.63, 3.8) is 0 Å². The smallest absolute Gasteiger partial charge is 0.253 e. The third-order valence-electron chi connectivity index (χ3n) is 10.4. The molecule has 0 aromatic heterocycles. The van der Waals surface area contributed by atoms with Gasteiger partial charge in [0.25, 0.3) is 5.91 Å². The molecule has 4 fully saturated rings. The van der Waals surface area contributed by atoms with Gasteiger partial charge in [-0.25, -0.2) is 0 Å². The molecule has 7 rings (SSSR count). The molecule has 1 saturated carbocycles. The topological polar surface area (TPSA) is 55.8 Å². The average Bonchev–Trinajstić information content (AvgIpc) is 3.20. The van der Waals surface area contributed by atoms with E-state index in [1.165, 1.54) is 36.9 Å². The van der Waals surface area contributed by atoms with Crippen molar-refractivity contribution in [2.24, 2.45) is 17.3 Å². The van der Waals surface area contributed by atoms with Gasteiger partial charge in [0.05, 0.1) is 0 Å². The zero-order valence-electron chi connectivity index (χ0n) is 20.6. The minimum absolute atomic E-state index is 0.134. The maximum absolute atomic E-state index is 13.4. The fourth-order valence-electron chi connectivity index (χ4n) is 8.96. The third-order valence-corrected chi connectivity index (χ3v) is 10.4. The van der Waals surface area contributed by atoms with E-state index in [1.807, 2.05) is 36.4 Å². The Morgan fingerprint density at radius 2 is 1.91 bits per heavy atom. The van der Waals surface area contributed by atoms with Crippen LogP contribution in [-0.2, 0) is 11.8 Å². The molecule has 2 aromatic rings. The number of benzene rings is 2. The lowest BCUT2D eigenvalue weighted by Gasteiger charge is -2.63. The van der Waals surface area contributed by atoms with Crippen LogP contribution in [0.5, 0.6) is 5.75 Å². The SMILES string of the molecule is O=C(c1ccccc1)N1CCCC23C[C@H](C1)CC21CCN(CC2CNC2)C3Cc2ccc(O)cc21. The molecule has 5 aliphatic rings. The summed E-state index contributed by atoms with van der Waals surface area (Å²) >= 11 is 0. The Kier molecular flexibility index (Phi) is 5.05. The lowest BCUT2D eigenvalue weighted by Crippen LogP contribution is -2.66. The summed E-state index contributed by atoms with van der Waals surface area (Å²) in [6.07, 6.45) is 6.90. The van der Waals surface area contributed by atoms with Crippen molar-refractivity contribution >= 4 is 5.91 Å². The number of phenols is 1. The Morgan fingerprint density at radius 1 is 1.06 bits per heavy atom. The molecule has 4 atom stereocenters. The zero-order chi connectivity index (χ0) is 23.6.